The van der Waals surface area contributed by atoms with Gasteiger partial charge < -0.3 is 14.7 Å². The van der Waals surface area contributed by atoms with Crippen molar-refractivity contribution in [2.24, 2.45) is 0 Å². The minimum atomic E-state index is -0.855. The smallest absolute Gasteiger partial charge is 0.127 e. The molecule has 30 heavy (non-hydrogen) atoms. The molecule has 0 aromatic heterocycles. The zero-order chi connectivity index (χ0) is 21.8. The summed E-state index contributed by atoms with van der Waals surface area (Å²) in [5, 5.41) is 11.8. The molecule has 0 heterocycles. The van der Waals surface area contributed by atoms with Gasteiger partial charge in [-0.3, -0.25) is 0 Å². The second-order valence-electron chi connectivity index (χ2n) is 8.36. The number of unbranched alkanes of at least 4 members (excludes halogenated alkanes) is 4. The first-order valence-corrected chi connectivity index (χ1v) is 11.8. The lowest BCUT2D eigenvalue weighted by molar-refractivity contribution is 0.0354. The number of benzene rings is 2. The zero-order valence-corrected chi connectivity index (χ0v) is 19.6. The van der Waals surface area contributed by atoms with Gasteiger partial charge in [-0.2, -0.15) is 0 Å². The third-order valence-electron chi connectivity index (χ3n) is 5.60. The molecule has 2 rings (SSSR count). The Balaban J connectivity index is 1.92. The summed E-state index contributed by atoms with van der Waals surface area (Å²) in [6.07, 6.45) is 8.23. The number of ether oxygens (including phenoxy) is 1. The molecular weight excluding hydrogens is 394 g/mol. The van der Waals surface area contributed by atoms with Crippen LogP contribution in [0.3, 0.4) is 0 Å². The van der Waals surface area contributed by atoms with Gasteiger partial charge in [-0.1, -0.05) is 63.3 Å². The highest BCUT2D eigenvalue weighted by atomic mass is 35.5. The van der Waals surface area contributed by atoms with Crippen molar-refractivity contribution in [2.75, 3.05) is 19.6 Å². The van der Waals surface area contributed by atoms with E-state index in [9.17, 15) is 5.11 Å². The molecule has 0 aliphatic rings. The van der Waals surface area contributed by atoms with E-state index in [1.807, 2.05) is 55.5 Å². The van der Waals surface area contributed by atoms with Gasteiger partial charge in [0.1, 0.15) is 11.5 Å². The number of hydrogen-bond donors (Lipinski definition) is 1. The van der Waals surface area contributed by atoms with Crippen LogP contribution in [0.15, 0.2) is 48.5 Å². The number of rotatable bonds is 14. The molecule has 0 saturated carbocycles. The summed E-state index contributed by atoms with van der Waals surface area (Å²) in [6, 6.07) is 15.1. The second-order valence-corrected chi connectivity index (χ2v) is 8.80. The molecule has 1 unspecified atom stereocenters. The average molecular weight is 432 g/mol. The van der Waals surface area contributed by atoms with E-state index in [0.29, 0.717) is 5.02 Å². The molecule has 166 valence electrons. The SMILES string of the molecule is CCCCCN(CCCCC)CCC(C)(O)c1ccc(Oc2ccc(Cl)cc2)cc1. The lowest BCUT2D eigenvalue weighted by atomic mass is 9.92. The topological polar surface area (TPSA) is 32.7 Å². The van der Waals surface area contributed by atoms with Crippen molar-refractivity contribution in [3.8, 4) is 11.5 Å². The third-order valence-corrected chi connectivity index (χ3v) is 5.85. The highest BCUT2D eigenvalue weighted by Crippen LogP contribution is 2.29. The number of halogens is 1. The van der Waals surface area contributed by atoms with Crippen LogP contribution in [-0.4, -0.2) is 29.6 Å². The molecule has 0 aliphatic carbocycles. The second kappa shape index (κ2) is 13.0. The molecule has 1 N–H and O–H groups in total. The number of hydrogen-bond acceptors (Lipinski definition) is 3. The predicted molar refractivity (Wildman–Crippen MR) is 128 cm³/mol. The highest BCUT2D eigenvalue weighted by Gasteiger charge is 2.24. The molecule has 0 amide bonds. The van der Waals surface area contributed by atoms with Crippen molar-refractivity contribution in [3.63, 3.8) is 0 Å². The summed E-state index contributed by atoms with van der Waals surface area (Å²) in [5.74, 6) is 1.49. The van der Waals surface area contributed by atoms with Gasteiger partial charge in [0.05, 0.1) is 5.60 Å². The van der Waals surface area contributed by atoms with Crippen LogP contribution in [0, 0.1) is 0 Å². The molecule has 2 aromatic rings. The maximum atomic E-state index is 11.1. The van der Waals surface area contributed by atoms with Crippen molar-refractivity contribution < 1.29 is 9.84 Å². The monoisotopic (exact) mass is 431 g/mol. The van der Waals surface area contributed by atoms with Crippen LogP contribution in [0.5, 0.6) is 11.5 Å². The summed E-state index contributed by atoms with van der Waals surface area (Å²) in [5.41, 5.74) is 0.0695. The first-order chi connectivity index (χ1) is 14.4. The van der Waals surface area contributed by atoms with Crippen molar-refractivity contribution in [2.45, 2.75) is 71.3 Å². The molecule has 0 bridgehead atoms. The molecule has 0 saturated heterocycles. The Kier molecular flexibility index (Phi) is 10.7. The predicted octanol–water partition coefficient (Wildman–Crippen LogP) is 7.41. The molecular formula is C26H38ClNO2. The maximum Gasteiger partial charge on any atom is 0.127 e. The van der Waals surface area contributed by atoms with Crippen LogP contribution in [0.1, 0.15) is 71.3 Å². The van der Waals surface area contributed by atoms with Gasteiger partial charge in [0.25, 0.3) is 0 Å². The van der Waals surface area contributed by atoms with Crippen molar-refractivity contribution in [3.05, 3.63) is 59.1 Å². The number of aliphatic hydroxyl groups is 1. The van der Waals surface area contributed by atoms with E-state index in [2.05, 4.69) is 18.7 Å². The molecule has 3 nitrogen and oxygen atoms in total. The quantitative estimate of drug-likeness (QED) is 0.316. The standard InChI is InChI=1S/C26H38ClNO2/c1-4-6-8-19-28(20-9-7-5-2)21-18-26(3,29)22-10-14-24(15-11-22)30-25-16-12-23(27)13-17-25/h10-17,29H,4-9,18-21H2,1-3H3. The Hall–Kier alpha value is -1.55. The molecule has 0 spiro atoms. The lowest BCUT2D eigenvalue weighted by Crippen LogP contribution is -2.33. The molecule has 1 atom stereocenters. The first-order valence-electron chi connectivity index (χ1n) is 11.4. The van der Waals surface area contributed by atoms with Gasteiger partial charge >= 0.3 is 0 Å². The summed E-state index contributed by atoms with van der Waals surface area (Å²) >= 11 is 5.92. The minimum Gasteiger partial charge on any atom is -0.457 e. The minimum absolute atomic E-state index is 0.687. The van der Waals surface area contributed by atoms with Crippen LogP contribution >= 0.6 is 11.6 Å². The highest BCUT2D eigenvalue weighted by molar-refractivity contribution is 6.30. The summed E-state index contributed by atoms with van der Waals surface area (Å²) in [6.45, 7) is 9.57. The van der Waals surface area contributed by atoms with E-state index in [1.165, 1.54) is 38.5 Å². The van der Waals surface area contributed by atoms with Gasteiger partial charge in [0.2, 0.25) is 0 Å². The van der Waals surface area contributed by atoms with E-state index in [1.54, 1.807) is 0 Å². The third kappa shape index (κ3) is 8.67. The van der Waals surface area contributed by atoms with E-state index >= 15 is 0 Å². The van der Waals surface area contributed by atoms with E-state index in [4.69, 9.17) is 16.3 Å². The molecule has 0 aliphatic heterocycles. The van der Waals surface area contributed by atoms with E-state index in [0.717, 1.165) is 43.1 Å². The Bertz CT molecular complexity index is 703. The largest absolute Gasteiger partial charge is 0.457 e. The van der Waals surface area contributed by atoms with Crippen LogP contribution in [0.4, 0.5) is 0 Å². The fourth-order valence-corrected chi connectivity index (χ4v) is 3.67. The van der Waals surface area contributed by atoms with Gasteiger partial charge in [-0.25, -0.2) is 0 Å². The van der Waals surface area contributed by atoms with E-state index in [-0.39, 0.29) is 0 Å². The van der Waals surface area contributed by atoms with Gasteiger partial charge in [0, 0.05) is 11.6 Å². The first kappa shape index (κ1) is 24.7. The Labute approximate surface area is 188 Å². The average Bonchev–Trinajstić information content (AvgIpc) is 2.74. The van der Waals surface area contributed by atoms with Crippen molar-refractivity contribution in [1.82, 2.24) is 4.90 Å². The summed E-state index contributed by atoms with van der Waals surface area (Å²) < 4.78 is 5.86. The normalized spacial score (nSPS) is 13.4. The summed E-state index contributed by atoms with van der Waals surface area (Å²) in [7, 11) is 0. The van der Waals surface area contributed by atoms with Crippen LogP contribution in [0.25, 0.3) is 0 Å². The lowest BCUT2D eigenvalue weighted by Gasteiger charge is -2.29. The Morgan fingerprint density at radius 3 is 1.80 bits per heavy atom. The van der Waals surface area contributed by atoms with Gasteiger partial charge in [-0.15, -0.1) is 0 Å². The Morgan fingerprint density at radius 2 is 1.30 bits per heavy atom. The fraction of sp³-hybridized carbons (Fsp3) is 0.538. The van der Waals surface area contributed by atoms with Gasteiger partial charge in [0.15, 0.2) is 0 Å². The van der Waals surface area contributed by atoms with Crippen molar-refractivity contribution >= 4 is 11.6 Å². The van der Waals surface area contributed by atoms with Crippen LogP contribution in [0.2, 0.25) is 5.02 Å². The zero-order valence-electron chi connectivity index (χ0n) is 18.9. The molecule has 4 heteroatoms. The fourth-order valence-electron chi connectivity index (χ4n) is 3.55. The number of nitrogens with zero attached hydrogens (tertiary/aromatic N) is 1. The van der Waals surface area contributed by atoms with Crippen molar-refractivity contribution in [1.29, 1.82) is 0 Å². The molecule has 0 radical (unpaired) electrons. The summed E-state index contributed by atoms with van der Waals surface area (Å²) in [4.78, 5) is 2.53. The Morgan fingerprint density at radius 1 is 0.800 bits per heavy atom. The van der Waals surface area contributed by atoms with E-state index < -0.39 is 5.60 Å². The molecule has 2 aromatic carbocycles. The van der Waals surface area contributed by atoms with Crippen LogP contribution < -0.4 is 4.74 Å². The van der Waals surface area contributed by atoms with Crippen LogP contribution in [-0.2, 0) is 5.60 Å². The maximum absolute atomic E-state index is 11.1. The molecule has 0 fully saturated rings. The van der Waals surface area contributed by atoms with Gasteiger partial charge in [-0.05, 0) is 81.2 Å².